The first-order valence-corrected chi connectivity index (χ1v) is 7.78. The SMILES string of the molecule is COCCNCC(=O)N(C1CC1)C(C)c1ccccc1Cl.Cl. The van der Waals surface area contributed by atoms with Crippen LogP contribution in [-0.4, -0.2) is 43.7 Å². The molecule has 6 heteroatoms. The van der Waals surface area contributed by atoms with Crippen LogP contribution in [-0.2, 0) is 9.53 Å². The number of hydrogen-bond donors (Lipinski definition) is 1. The van der Waals surface area contributed by atoms with Crippen LogP contribution in [0, 0.1) is 0 Å². The summed E-state index contributed by atoms with van der Waals surface area (Å²) in [5.74, 6) is 0.126. The van der Waals surface area contributed by atoms with Crippen LogP contribution in [0.1, 0.15) is 31.4 Å². The minimum atomic E-state index is 0. The third-order valence-electron chi connectivity index (χ3n) is 3.76. The minimum absolute atomic E-state index is 0. The third kappa shape index (κ3) is 5.13. The molecule has 0 bridgehead atoms. The molecule has 1 aliphatic carbocycles. The van der Waals surface area contributed by atoms with Gasteiger partial charge in [-0.05, 0) is 31.4 Å². The first-order valence-electron chi connectivity index (χ1n) is 7.40. The molecular formula is C16H24Cl2N2O2. The molecule has 1 fully saturated rings. The lowest BCUT2D eigenvalue weighted by atomic mass is 10.1. The van der Waals surface area contributed by atoms with E-state index in [1.165, 1.54) is 0 Å². The van der Waals surface area contributed by atoms with E-state index in [1.54, 1.807) is 7.11 Å². The molecule has 1 N–H and O–H groups in total. The minimum Gasteiger partial charge on any atom is -0.383 e. The molecule has 0 spiro atoms. The van der Waals surface area contributed by atoms with Crippen molar-refractivity contribution in [2.75, 3.05) is 26.8 Å². The normalized spacial score (nSPS) is 15.0. The number of carbonyl (C=O) groups is 1. The van der Waals surface area contributed by atoms with Gasteiger partial charge in [-0.1, -0.05) is 29.8 Å². The highest BCUT2D eigenvalue weighted by Crippen LogP contribution is 2.36. The van der Waals surface area contributed by atoms with Crippen LogP contribution in [0.2, 0.25) is 5.02 Å². The van der Waals surface area contributed by atoms with Crippen LogP contribution in [0.4, 0.5) is 0 Å². The zero-order valence-electron chi connectivity index (χ0n) is 13.0. The Morgan fingerprint density at radius 3 is 2.73 bits per heavy atom. The average Bonchev–Trinajstić information content (AvgIpc) is 3.29. The van der Waals surface area contributed by atoms with Crippen LogP contribution in [0.3, 0.4) is 0 Å². The fourth-order valence-corrected chi connectivity index (χ4v) is 2.81. The van der Waals surface area contributed by atoms with E-state index in [0.717, 1.165) is 23.4 Å². The van der Waals surface area contributed by atoms with Crippen molar-refractivity contribution in [3.05, 3.63) is 34.9 Å². The summed E-state index contributed by atoms with van der Waals surface area (Å²) in [5.41, 5.74) is 1.01. The van der Waals surface area contributed by atoms with Crippen molar-refractivity contribution in [2.24, 2.45) is 0 Å². The molecular weight excluding hydrogens is 323 g/mol. The van der Waals surface area contributed by atoms with Gasteiger partial charge >= 0.3 is 0 Å². The molecule has 0 aliphatic heterocycles. The molecule has 1 unspecified atom stereocenters. The van der Waals surface area contributed by atoms with E-state index in [9.17, 15) is 4.79 Å². The Kier molecular flexibility index (Phi) is 8.18. The number of halogens is 2. The van der Waals surface area contributed by atoms with Gasteiger partial charge in [-0.15, -0.1) is 12.4 Å². The standard InChI is InChI=1S/C16H23ClN2O2.ClH/c1-12(14-5-3-4-6-15(14)17)19(13-7-8-13)16(20)11-18-9-10-21-2;/h3-6,12-13,18H,7-11H2,1-2H3;1H. The van der Waals surface area contributed by atoms with E-state index in [-0.39, 0.29) is 24.4 Å². The highest BCUT2D eigenvalue weighted by molar-refractivity contribution is 6.31. The first kappa shape index (κ1) is 19.2. The van der Waals surface area contributed by atoms with Crippen LogP contribution in [0.5, 0.6) is 0 Å². The van der Waals surface area contributed by atoms with E-state index in [4.69, 9.17) is 16.3 Å². The number of ether oxygens (including phenoxy) is 1. The van der Waals surface area contributed by atoms with Crippen molar-refractivity contribution >= 4 is 29.9 Å². The van der Waals surface area contributed by atoms with Gasteiger partial charge in [-0.3, -0.25) is 4.79 Å². The maximum Gasteiger partial charge on any atom is 0.237 e. The van der Waals surface area contributed by atoms with Gasteiger partial charge in [0.05, 0.1) is 19.2 Å². The van der Waals surface area contributed by atoms with Gasteiger partial charge in [0.2, 0.25) is 5.91 Å². The second-order valence-corrected chi connectivity index (χ2v) is 5.81. The molecule has 0 radical (unpaired) electrons. The number of benzene rings is 1. The number of carbonyl (C=O) groups excluding carboxylic acids is 1. The number of nitrogens with zero attached hydrogens (tertiary/aromatic N) is 1. The summed E-state index contributed by atoms with van der Waals surface area (Å²) in [7, 11) is 1.65. The summed E-state index contributed by atoms with van der Waals surface area (Å²) in [5, 5.41) is 3.84. The lowest BCUT2D eigenvalue weighted by molar-refractivity contribution is -0.133. The number of nitrogens with one attached hydrogen (secondary N) is 1. The average molecular weight is 347 g/mol. The Morgan fingerprint density at radius 2 is 2.14 bits per heavy atom. The Labute approximate surface area is 143 Å². The molecule has 1 aliphatic rings. The molecule has 0 saturated heterocycles. The molecule has 0 aromatic heterocycles. The summed E-state index contributed by atoms with van der Waals surface area (Å²) in [6.45, 7) is 3.68. The quantitative estimate of drug-likeness (QED) is 0.735. The Balaban J connectivity index is 0.00000242. The van der Waals surface area contributed by atoms with Crippen LogP contribution in [0.15, 0.2) is 24.3 Å². The molecule has 1 aromatic rings. The number of rotatable bonds is 8. The van der Waals surface area contributed by atoms with Crippen molar-refractivity contribution in [3.8, 4) is 0 Å². The fraction of sp³-hybridized carbons (Fsp3) is 0.562. The third-order valence-corrected chi connectivity index (χ3v) is 4.10. The van der Waals surface area contributed by atoms with E-state index in [2.05, 4.69) is 5.32 Å². The fourth-order valence-electron chi connectivity index (χ4n) is 2.51. The summed E-state index contributed by atoms with van der Waals surface area (Å²) in [6, 6.07) is 8.10. The van der Waals surface area contributed by atoms with Crippen molar-refractivity contribution in [1.82, 2.24) is 10.2 Å². The Hall–Kier alpha value is -0.810. The summed E-state index contributed by atoms with van der Waals surface area (Å²) >= 11 is 6.27. The maximum atomic E-state index is 12.5. The molecule has 1 aromatic carbocycles. The molecule has 1 saturated carbocycles. The zero-order valence-corrected chi connectivity index (χ0v) is 14.6. The topological polar surface area (TPSA) is 41.6 Å². The summed E-state index contributed by atoms with van der Waals surface area (Å²) < 4.78 is 4.97. The first-order chi connectivity index (χ1) is 10.1. The molecule has 124 valence electrons. The number of amides is 1. The Bertz CT molecular complexity index is 481. The monoisotopic (exact) mass is 346 g/mol. The predicted molar refractivity (Wildman–Crippen MR) is 91.7 cm³/mol. The molecule has 0 heterocycles. The lowest BCUT2D eigenvalue weighted by Crippen LogP contribution is -2.41. The number of hydrogen-bond acceptors (Lipinski definition) is 3. The molecule has 1 atom stereocenters. The number of methoxy groups -OCH3 is 1. The van der Waals surface area contributed by atoms with Crippen molar-refractivity contribution in [2.45, 2.75) is 31.8 Å². The van der Waals surface area contributed by atoms with Crippen LogP contribution < -0.4 is 5.32 Å². The second-order valence-electron chi connectivity index (χ2n) is 5.40. The molecule has 1 amide bonds. The lowest BCUT2D eigenvalue weighted by Gasteiger charge is -2.30. The maximum absolute atomic E-state index is 12.5. The highest BCUT2D eigenvalue weighted by atomic mass is 35.5. The molecule has 22 heavy (non-hydrogen) atoms. The Morgan fingerprint density at radius 1 is 1.45 bits per heavy atom. The van der Waals surface area contributed by atoms with Crippen LogP contribution in [0.25, 0.3) is 0 Å². The second kappa shape index (κ2) is 9.36. The molecule has 4 nitrogen and oxygen atoms in total. The molecule has 2 rings (SSSR count). The van der Waals surface area contributed by atoms with Crippen molar-refractivity contribution in [1.29, 1.82) is 0 Å². The van der Waals surface area contributed by atoms with Gasteiger partial charge in [0, 0.05) is 24.7 Å². The van der Waals surface area contributed by atoms with Gasteiger partial charge in [-0.2, -0.15) is 0 Å². The van der Waals surface area contributed by atoms with Crippen molar-refractivity contribution < 1.29 is 9.53 Å². The predicted octanol–water partition coefficient (Wildman–Crippen LogP) is 3.05. The summed E-state index contributed by atoms with van der Waals surface area (Å²) in [4.78, 5) is 14.5. The van der Waals surface area contributed by atoms with E-state index < -0.39 is 0 Å². The van der Waals surface area contributed by atoms with Crippen molar-refractivity contribution in [3.63, 3.8) is 0 Å². The van der Waals surface area contributed by atoms with Gasteiger partial charge < -0.3 is 15.0 Å². The summed E-state index contributed by atoms with van der Waals surface area (Å²) in [6.07, 6.45) is 2.16. The van der Waals surface area contributed by atoms with E-state index in [0.29, 0.717) is 25.7 Å². The van der Waals surface area contributed by atoms with Gasteiger partial charge in [0.25, 0.3) is 0 Å². The van der Waals surface area contributed by atoms with Gasteiger partial charge in [0.15, 0.2) is 0 Å². The van der Waals surface area contributed by atoms with Gasteiger partial charge in [0.1, 0.15) is 0 Å². The zero-order chi connectivity index (χ0) is 15.2. The van der Waals surface area contributed by atoms with E-state index >= 15 is 0 Å². The van der Waals surface area contributed by atoms with Crippen LogP contribution >= 0.6 is 24.0 Å². The highest BCUT2D eigenvalue weighted by Gasteiger charge is 2.36. The smallest absolute Gasteiger partial charge is 0.237 e. The van der Waals surface area contributed by atoms with Gasteiger partial charge in [-0.25, -0.2) is 0 Å². The van der Waals surface area contributed by atoms with E-state index in [1.807, 2.05) is 36.1 Å². The largest absolute Gasteiger partial charge is 0.383 e.